The van der Waals surface area contributed by atoms with Gasteiger partial charge in [-0.1, -0.05) is 12.1 Å². The normalized spacial score (nSPS) is 16.1. The fraction of sp³-hybridized carbons (Fsp3) is 0.367. The Kier molecular flexibility index (Phi) is 6.20. The molecule has 0 radical (unpaired) electrons. The Morgan fingerprint density at radius 3 is 2.50 bits per heavy atom. The van der Waals surface area contributed by atoms with Crippen LogP contribution in [0.4, 0.5) is 4.79 Å². The summed E-state index contributed by atoms with van der Waals surface area (Å²) in [5.74, 6) is 0. The molecular formula is C30H33N7O3. The highest BCUT2D eigenvalue weighted by atomic mass is 16.6. The lowest BCUT2D eigenvalue weighted by Gasteiger charge is -2.34. The van der Waals surface area contributed by atoms with Crippen molar-refractivity contribution in [2.75, 3.05) is 13.1 Å². The van der Waals surface area contributed by atoms with Gasteiger partial charge in [0.1, 0.15) is 5.60 Å². The molecule has 1 unspecified atom stereocenters. The highest BCUT2D eigenvalue weighted by Crippen LogP contribution is 2.32. The zero-order valence-corrected chi connectivity index (χ0v) is 23.5. The molecule has 1 aliphatic heterocycles. The van der Waals surface area contributed by atoms with Crippen molar-refractivity contribution in [2.24, 2.45) is 14.1 Å². The maximum atomic E-state index is 13.6. The number of amides is 1. The highest BCUT2D eigenvalue weighted by Gasteiger charge is 2.31. The summed E-state index contributed by atoms with van der Waals surface area (Å²) in [6.07, 6.45) is 8.58. The Morgan fingerprint density at radius 1 is 1.00 bits per heavy atom. The van der Waals surface area contributed by atoms with Gasteiger partial charge in [-0.15, -0.1) is 0 Å². The lowest BCUT2D eigenvalue weighted by molar-refractivity contribution is 0.0173. The van der Waals surface area contributed by atoms with E-state index in [-0.39, 0.29) is 17.8 Å². The molecule has 0 N–H and O–H groups in total. The molecule has 10 nitrogen and oxygen atoms in total. The van der Waals surface area contributed by atoms with Crippen LogP contribution in [-0.2, 0) is 18.8 Å². The van der Waals surface area contributed by atoms with E-state index in [2.05, 4.69) is 21.1 Å². The predicted molar refractivity (Wildman–Crippen MR) is 154 cm³/mol. The number of likely N-dealkylation sites (tertiary alicyclic amines) is 1. The Balaban J connectivity index is 1.41. The van der Waals surface area contributed by atoms with E-state index >= 15 is 0 Å². The number of carbonyl (C=O) groups excluding carboxylic acids is 1. The van der Waals surface area contributed by atoms with Crippen LogP contribution in [0.5, 0.6) is 0 Å². The van der Waals surface area contributed by atoms with Crippen molar-refractivity contribution in [3.05, 3.63) is 65.6 Å². The zero-order valence-electron chi connectivity index (χ0n) is 23.5. The first-order valence-corrected chi connectivity index (χ1v) is 13.5. The van der Waals surface area contributed by atoms with Crippen LogP contribution in [0.15, 0.2) is 59.9 Å². The van der Waals surface area contributed by atoms with Crippen LogP contribution in [-0.4, -0.2) is 58.6 Å². The van der Waals surface area contributed by atoms with Gasteiger partial charge in [-0.25, -0.2) is 9.59 Å². The van der Waals surface area contributed by atoms with Gasteiger partial charge in [0.2, 0.25) is 0 Å². The molecule has 10 heteroatoms. The summed E-state index contributed by atoms with van der Waals surface area (Å²) in [6.45, 7) is 6.61. The molecule has 1 saturated heterocycles. The number of hydrogen-bond donors (Lipinski definition) is 0. The Bertz CT molecular complexity index is 1790. The van der Waals surface area contributed by atoms with E-state index in [1.54, 1.807) is 33.6 Å². The van der Waals surface area contributed by atoms with Gasteiger partial charge in [0, 0.05) is 56.1 Å². The number of aryl methyl sites for hydroxylation is 2. The first-order chi connectivity index (χ1) is 19.1. The van der Waals surface area contributed by atoms with E-state index in [0.29, 0.717) is 13.1 Å². The molecule has 206 valence electrons. The first-order valence-electron chi connectivity index (χ1n) is 13.5. The number of benzene rings is 1. The summed E-state index contributed by atoms with van der Waals surface area (Å²) in [4.78, 5) is 37.5. The number of hydrogen-bond acceptors (Lipinski definition) is 6. The van der Waals surface area contributed by atoms with Gasteiger partial charge < -0.3 is 9.64 Å². The zero-order chi connectivity index (χ0) is 28.2. The van der Waals surface area contributed by atoms with Crippen LogP contribution < -0.4 is 5.69 Å². The summed E-state index contributed by atoms with van der Waals surface area (Å²) in [6, 6.07) is 9.94. The number of carbonyl (C=O) groups is 1. The van der Waals surface area contributed by atoms with Crippen LogP contribution in [0.2, 0.25) is 0 Å². The van der Waals surface area contributed by atoms with E-state index in [9.17, 15) is 9.59 Å². The summed E-state index contributed by atoms with van der Waals surface area (Å²) >= 11 is 0. The number of aromatic nitrogens is 6. The van der Waals surface area contributed by atoms with Crippen LogP contribution >= 0.6 is 0 Å². The van der Waals surface area contributed by atoms with E-state index in [0.717, 1.165) is 57.2 Å². The van der Waals surface area contributed by atoms with E-state index in [4.69, 9.17) is 4.74 Å². The maximum absolute atomic E-state index is 13.6. The molecule has 1 aliphatic rings. The molecule has 6 rings (SSSR count). The molecule has 1 aromatic carbocycles. The van der Waals surface area contributed by atoms with Crippen molar-refractivity contribution in [2.45, 2.75) is 45.3 Å². The van der Waals surface area contributed by atoms with E-state index in [1.807, 2.05) is 69.0 Å². The average Bonchev–Trinajstić information content (AvgIpc) is 3.48. The largest absolute Gasteiger partial charge is 0.444 e. The van der Waals surface area contributed by atoms with Gasteiger partial charge in [-0.05, 0) is 57.4 Å². The maximum Gasteiger partial charge on any atom is 0.410 e. The molecule has 1 fully saturated rings. The van der Waals surface area contributed by atoms with E-state index in [1.165, 1.54) is 0 Å². The SMILES string of the molecule is Cn1cc(-c2ccc(-c3ccc4ncc5c(c4c3)n(C3CCCN(C(=O)OC(C)(C)C)C3)c(=O)n5C)cn2)cn1. The Labute approximate surface area is 231 Å². The number of pyridine rings is 2. The van der Waals surface area contributed by atoms with Crippen molar-refractivity contribution < 1.29 is 9.53 Å². The minimum absolute atomic E-state index is 0.117. The number of rotatable bonds is 3. The van der Waals surface area contributed by atoms with Crippen molar-refractivity contribution in [1.82, 2.24) is 33.8 Å². The predicted octanol–water partition coefficient (Wildman–Crippen LogP) is 4.92. The smallest absolute Gasteiger partial charge is 0.410 e. The summed E-state index contributed by atoms with van der Waals surface area (Å²) in [5.41, 5.74) is 5.45. The standard InChI is InChI=1S/C30H33N7O3/c1-30(2,3)40-29(39)36-12-6-7-22(18-36)37-27-23-13-19(8-11-25(23)32-16-26(27)35(5)28(37)38)20-9-10-24(31-14-20)21-15-33-34(4)17-21/h8-11,13-17,22H,6-7,12,18H2,1-5H3. The minimum atomic E-state index is -0.580. The molecule has 1 amide bonds. The first kappa shape index (κ1) is 25.8. The molecule has 0 saturated carbocycles. The summed E-state index contributed by atoms with van der Waals surface area (Å²) < 4.78 is 10.9. The van der Waals surface area contributed by atoms with Gasteiger partial charge in [0.15, 0.2) is 0 Å². The monoisotopic (exact) mass is 539 g/mol. The van der Waals surface area contributed by atoms with Crippen LogP contribution in [0.25, 0.3) is 44.3 Å². The minimum Gasteiger partial charge on any atom is -0.444 e. The number of piperidine rings is 1. The van der Waals surface area contributed by atoms with Gasteiger partial charge in [0.25, 0.3) is 0 Å². The van der Waals surface area contributed by atoms with Gasteiger partial charge in [0.05, 0.1) is 40.7 Å². The molecule has 5 heterocycles. The average molecular weight is 540 g/mol. The fourth-order valence-electron chi connectivity index (χ4n) is 5.49. The second kappa shape index (κ2) is 9.62. The van der Waals surface area contributed by atoms with Crippen LogP contribution in [0, 0.1) is 0 Å². The Morgan fingerprint density at radius 2 is 1.80 bits per heavy atom. The topological polar surface area (TPSA) is 100 Å². The second-order valence-electron chi connectivity index (χ2n) is 11.5. The highest BCUT2D eigenvalue weighted by molar-refractivity contribution is 6.04. The molecule has 5 aromatic rings. The number of imidazole rings is 1. The number of fused-ring (bicyclic) bond motifs is 3. The van der Waals surface area contributed by atoms with Crippen molar-refractivity contribution in [3.8, 4) is 22.4 Å². The molecule has 0 spiro atoms. The molecule has 0 aliphatic carbocycles. The third-order valence-corrected chi connectivity index (χ3v) is 7.43. The summed E-state index contributed by atoms with van der Waals surface area (Å²) in [7, 11) is 3.65. The van der Waals surface area contributed by atoms with Gasteiger partial charge in [-0.3, -0.25) is 23.8 Å². The third-order valence-electron chi connectivity index (χ3n) is 7.43. The molecular weight excluding hydrogens is 506 g/mol. The fourth-order valence-corrected chi connectivity index (χ4v) is 5.49. The molecule has 4 aromatic heterocycles. The number of nitrogens with zero attached hydrogens (tertiary/aromatic N) is 7. The third kappa shape index (κ3) is 4.63. The van der Waals surface area contributed by atoms with Gasteiger partial charge >= 0.3 is 11.8 Å². The summed E-state index contributed by atoms with van der Waals surface area (Å²) in [5, 5.41) is 5.12. The molecule has 40 heavy (non-hydrogen) atoms. The van der Waals surface area contributed by atoms with Crippen molar-refractivity contribution in [3.63, 3.8) is 0 Å². The Hall–Kier alpha value is -4.47. The lowest BCUT2D eigenvalue weighted by atomic mass is 10.0. The molecule has 1 atom stereocenters. The van der Waals surface area contributed by atoms with Crippen molar-refractivity contribution in [1.29, 1.82) is 0 Å². The van der Waals surface area contributed by atoms with Gasteiger partial charge in [-0.2, -0.15) is 5.10 Å². The van der Waals surface area contributed by atoms with Crippen LogP contribution in [0.3, 0.4) is 0 Å². The lowest BCUT2D eigenvalue weighted by Crippen LogP contribution is -2.45. The second-order valence-corrected chi connectivity index (χ2v) is 11.5. The van der Waals surface area contributed by atoms with Crippen molar-refractivity contribution >= 4 is 28.0 Å². The van der Waals surface area contributed by atoms with Crippen LogP contribution in [0.1, 0.15) is 39.7 Å². The van der Waals surface area contributed by atoms with E-state index < -0.39 is 5.60 Å². The quantitative estimate of drug-likeness (QED) is 0.323. The number of ether oxygens (including phenoxy) is 1. The molecule has 0 bridgehead atoms.